The minimum Gasteiger partial charge on any atom is -0.365 e. The van der Waals surface area contributed by atoms with Gasteiger partial charge in [-0.15, -0.1) is 0 Å². The van der Waals surface area contributed by atoms with Gasteiger partial charge in [0, 0.05) is 6.61 Å². The largest absolute Gasteiger partial charge is 0.365 e. The van der Waals surface area contributed by atoms with E-state index in [0.717, 1.165) is 6.42 Å². The first kappa shape index (κ1) is 10.8. The van der Waals surface area contributed by atoms with Crippen LogP contribution in [-0.4, -0.2) is 21.8 Å². The van der Waals surface area contributed by atoms with Gasteiger partial charge in [-0.1, -0.05) is 41.7 Å². The zero-order chi connectivity index (χ0) is 8.20. The Morgan fingerprint density at radius 3 is 2.30 bits per heavy atom. The summed E-state index contributed by atoms with van der Waals surface area (Å²) in [4.78, 5) is 0. The molecule has 0 aromatic heterocycles. The minimum atomic E-state index is -1.74. The zero-order valence-corrected chi connectivity index (χ0v) is 7.75. The van der Waals surface area contributed by atoms with Crippen LogP contribution >= 0.6 is 34.8 Å². The first-order valence-electron chi connectivity index (χ1n) is 2.85. The minimum absolute atomic E-state index is 0.384. The summed E-state index contributed by atoms with van der Waals surface area (Å²) in [7, 11) is 0. The van der Waals surface area contributed by atoms with Gasteiger partial charge in [0.05, 0.1) is 0 Å². The van der Waals surface area contributed by atoms with Crippen molar-refractivity contribution in [3.63, 3.8) is 0 Å². The maximum absolute atomic E-state index is 8.90. The molecular weight excluding hydrogens is 198 g/mol. The Morgan fingerprint density at radius 1 is 1.50 bits per heavy atom. The van der Waals surface area contributed by atoms with Crippen molar-refractivity contribution in [1.29, 1.82) is 0 Å². The molecule has 62 valence electrons. The lowest BCUT2D eigenvalue weighted by atomic mass is 10.5. The van der Waals surface area contributed by atoms with Crippen molar-refractivity contribution in [2.45, 2.75) is 23.4 Å². The van der Waals surface area contributed by atoms with E-state index in [1.807, 2.05) is 6.92 Å². The number of hydrogen-bond donors (Lipinski definition) is 1. The molecule has 0 bridgehead atoms. The summed E-state index contributed by atoms with van der Waals surface area (Å²) < 4.78 is 2.97. The van der Waals surface area contributed by atoms with E-state index in [0.29, 0.717) is 6.61 Å². The predicted molar refractivity (Wildman–Crippen MR) is 42.5 cm³/mol. The second-order valence-corrected chi connectivity index (χ2v) is 4.13. The summed E-state index contributed by atoms with van der Waals surface area (Å²) >= 11 is 15.8. The van der Waals surface area contributed by atoms with Crippen LogP contribution in [0, 0.1) is 0 Å². The van der Waals surface area contributed by atoms with Gasteiger partial charge in [0.2, 0.25) is 10.1 Å². The lowest BCUT2D eigenvalue weighted by molar-refractivity contribution is -0.0949. The third-order valence-electron chi connectivity index (χ3n) is 0.760. The van der Waals surface area contributed by atoms with Crippen molar-refractivity contribution >= 4 is 34.8 Å². The fourth-order valence-corrected chi connectivity index (χ4v) is 0.513. The first-order chi connectivity index (χ1) is 4.48. The van der Waals surface area contributed by atoms with Crippen LogP contribution in [0.3, 0.4) is 0 Å². The molecule has 5 heteroatoms. The lowest BCUT2D eigenvalue weighted by Crippen LogP contribution is -2.28. The third-order valence-corrected chi connectivity index (χ3v) is 1.32. The van der Waals surface area contributed by atoms with Crippen molar-refractivity contribution in [2.75, 3.05) is 6.61 Å². The Hall–Kier alpha value is 0.790. The smallest absolute Gasteiger partial charge is 0.240 e. The molecule has 0 spiro atoms. The molecule has 2 nitrogen and oxygen atoms in total. The summed E-state index contributed by atoms with van der Waals surface area (Å²) in [6.45, 7) is 2.28. The number of rotatable bonds is 3. The average molecular weight is 207 g/mol. The molecule has 0 heterocycles. The van der Waals surface area contributed by atoms with E-state index in [1.54, 1.807) is 0 Å². The molecule has 0 aliphatic carbocycles. The molecule has 0 aliphatic heterocycles. The molecule has 0 fully saturated rings. The highest BCUT2D eigenvalue weighted by atomic mass is 35.6. The number of alkyl halides is 3. The standard InChI is InChI=1S/C5H9Cl3O2/c1-2-3-10-4(9)5(6,7)8/h4,9H,2-3H2,1H3. The fourth-order valence-electron chi connectivity index (χ4n) is 0.324. The van der Waals surface area contributed by atoms with Gasteiger partial charge >= 0.3 is 0 Å². The molecule has 0 amide bonds. The van der Waals surface area contributed by atoms with E-state index in [2.05, 4.69) is 0 Å². The van der Waals surface area contributed by atoms with Crippen molar-refractivity contribution < 1.29 is 9.84 Å². The van der Waals surface area contributed by atoms with Gasteiger partial charge in [-0.3, -0.25) is 0 Å². The highest BCUT2D eigenvalue weighted by Crippen LogP contribution is 2.30. The molecule has 0 rings (SSSR count). The Labute approximate surface area is 75.0 Å². The topological polar surface area (TPSA) is 29.5 Å². The number of ether oxygens (including phenoxy) is 1. The van der Waals surface area contributed by atoms with Gasteiger partial charge in [0.1, 0.15) is 0 Å². The van der Waals surface area contributed by atoms with E-state index in [1.165, 1.54) is 0 Å². The fraction of sp³-hybridized carbons (Fsp3) is 1.00. The quantitative estimate of drug-likeness (QED) is 0.567. The molecule has 1 atom stereocenters. The number of aliphatic hydroxyl groups is 1. The Morgan fingerprint density at radius 2 is 2.00 bits per heavy atom. The van der Waals surface area contributed by atoms with Crippen LogP contribution < -0.4 is 0 Å². The SMILES string of the molecule is CCCOC(O)C(Cl)(Cl)Cl. The van der Waals surface area contributed by atoms with Crippen LogP contribution in [0.4, 0.5) is 0 Å². The predicted octanol–water partition coefficient (Wildman–Crippen LogP) is 2.10. The molecule has 0 saturated heterocycles. The summed E-state index contributed by atoms with van der Waals surface area (Å²) in [6, 6.07) is 0. The van der Waals surface area contributed by atoms with Crippen LogP contribution in [0.15, 0.2) is 0 Å². The Kier molecular flexibility index (Phi) is 4.99. The zero-order valence-electron chi connectivity index (χ0n) is 5.48. The van der Waals surface area contributed by atoms with Gasteiger partial charge in [0.15, 0.2) is 0 Å². The molecule has 0 aromatic rings. The summed E-state index contributed by atoms with van der Waals surface area (Å²) in [5, 5.41) is 8.90. The van der Waals surface area contributed by atoms with Crippen LogP contribution in [-0.2, 0) is 4.74 Å². The Bertz CT molecular complexity index is 91.4. The summed E-state index contributed by atoms with van der Waals surface area (Å²) in [6.07, 6.45) is -0.560. The number of halogens is 3. The van der Waals surface area contributed by atoms with E-state index in [-0.39, 0.29) is 0 Å². The second-order valence-electron chi connectivity index (χ2n) is 1.76. The van der Waals surface area contributed by atoms with E-state index in [9.17, 15) is 0 Å². The highest BCUT2D eigenvalue weighted by molar-refractivity contribution is 6.67. The van der Waals surface area contributed by atoms with Gasteiger partial charge in [-0.05, 0) is 6.42 Å². The van der Waals surface area contributed by atoms with E-state index < -0.39 is 10.1 Å². The monoisotopic (exact) mass is 206 g/mol. The molecule has 0 aromatic carbocycles. The van der Waals surface area contributed by atoms with Crippen molar-refractivity contribution in [3.05, 3.63) is 0 Å². The molecule has 10 heavy (non-hydrogen) atoms. The molecule has 0 radical (unpaired) electrons. The van der Waals surface area contributed by atoms with Gasteiger partial charge < -0.3 is 9.84 Å². The first-order valence-corrected chi connectivity index (χ1v) is 3.98. The van der Waals surface area contributed by atoms with Gasteiger partial charge in [-0.2, -0.15) is 0 Å². The molecule has 1 unspecified atom stereocenters. The molecule has 0 aliphatic rings. The third kappa shape index (κ3) is 4.58. The summed E-state index contributed by atoms with van der Waals surface area (Å²) in [5.41, 5.74) is 0. The van der Waals surface area contributed by atoms with Crippen LogP contribution in [0.5, 0.6) is 0 Å². The number of hydrogen-bond acceptors (Lipinski definition) is 2. The second kappa shape index (κ2) is 4.62. The highest BCUT2D eigenvalue weighted by Gasteiger charge is 2.31. The lowest BCUT2D eigenvalue weighted by Gasteiger charge is -2.18. The van der Waals surface area contributed by atoms with Crippen LogP contribution in [0.2, 0.25) is 0 Å². The average Bonchev–Trinajstić information content (AvgIpc) is 1.80. The van der Waals surface area contributed by atoms with E-state index >= 15 is 0 Å². The number of aliphatic hydroxyl groups excluding tert-OH is 1. The van der Waals surface area contributed by atoms with E-state index in [4.69, 9.17) is 44.6 Å². The maximum Gasteiger partial charge on any atom is 0.240 e. The maximum atomic E-state index is 8.90. The van der Waals surface area contributed by atoms with Gasteiger partial charge in [0.25, 0.3) is 0 Å². The van der Waals surface area contributed by atoms with Gasteiger partial charge in [-0.25, -0.2) is 0 Å². The van der Waals surface area contributed by atoms with Crippen molar-refractivity contribution in [3.8, 4) is 0 Å². The van der Waals surface area contributed by atoms with Crippen molar-refractivity contribution in [2.24, 2.45) is 0 Å². The van der Waals surface area contributed by atoms with Crippen LogP contribution in [0.25, 0.3) is 0 Å². The molecular formula is C5H9Cl3O2. The van der Waals surface area contributed by atoms with Crippen molar-refractivity contribution in [1.82, 2.24) is 0 Å². The Balaban J connectivity index is 3.52. The molecule has 0 saturated carbocycles. The molecule has 1 N–H and O–H groups in total. The van der Waals surface area contributed by atoms with Crippen LogP contribution in [0.1, 0.15) is 13.3 Å². The summed E-state index contributed by atoms with van der Waals surface area (Å²) in [5.74, 6) is 0. The normalized spacial score (nSPS) is 15.3.